The van der Waals surface area contributed by atoms with E-state index < -0.39 is 6.04 Å². The lowest BCUT2D eigenvalue weighted by atomic mass is 9.95. The molecular formula is C25H30F2N2O2S. The van der Waals surface area contributed by atoms with Crippen molar-refractivity contribution in [1.82, 2.24) is 10.2 Å². The van der Waals surface area contributed by atoms with Gasteiger partial charge in [-0.2, -0.15) is 0 Å². The van der Waals surface area contributed by atoms with Gasteiger partial charge in [0.25, 0.3) is 0 Å². The van der Waals surface area contributed by atoms with Gasteiger partial charge >= 0.3 is 0 Å². The lowest BCUT2D eigenvalue weighted by Crippen LogP contribution is -2.50. The fourth-order valence-corrected chi connectivity index (χ4v) is 4.73. The summed E-state index contributed by atoms with van der Waals surface area (Å²) in [6.45, 7) is 1.97. The topological polar surface area (TPSA) is 49.4 Å². The largest absolute Gasteiger partial charge is 0.352 e. The number of hydrogen-bond acceptors (Lipinski definition) is 3. The number of hydrogen-bond donors (Lipinski definition) is 1. The van der Waals surface area contributed by atoms with Gasteiger partial charge in [-0.1, -0.05) is 43.5 Å². The van der Waals surface area contributed by atoms with Crippen LogP contribution in [-0.4, -0.2) is 34.6 Å². The van der Waals surface area contributed by atoms with Crippen LogP contribution in [0.5, 0.6) is 0 Å². The molecule has 0 unspecified atom stereocenters. The van der Waals surface area contributed by atoms with Gasteiger partial charge in [0, 0.05) is 18.3 Å². The molecule has 0 radical (unpaired) electrons. The molecule has 0 spiro atoms. The zero-order chi connectivity index (χ0) is 22.9. The fourth-order valence-electron chi connectivity index (χ4n) is 3.86. The highest BCUT2D eigenvalue weighted by atomic mass is 32.2. The van der Waals surface area contributed by atoms with Crippen molar-refractivity contribution in [2.45, 2.75) is 63.4 Å². The number of amides is 2. The van der Waals surface area contributed by atoms with Crippen molar-refractivity contribution in [3.05, 3.63) is 71.3 Å². The molecule has 1 atom stereocenters. The van der Waals surface area contributed by atoms with Crippen LogP contribution in [0.1, 0.15) is 50.2 Å². The van der Waals surface area contributed by atoms with E-state index in [2.05, 4.69) is 5.32 Å². The highest BCUT2D eigenvalue weighted by Crippen LogP contribution is 2.19. The summed E-state index contributed by atoms with van der Waals surface area (Å²) in [7, 11) is 0. The molecule has 2 aromatic rings. The van der Waals surface area contributed by atoms with Gasteiger partial charge in [-0.3, -0.25) is 9.59 Å². The summed E-state index contributed by atoms with van der Waals surface area (Å²) in [4.78, 5) is 27.6. The van der Waals surface area contributed by atoms with Crippen LogP contribution >= 0.6 is 11.8 Å². The van der Waals surface area contributed by atoms with Crippen LogP contribution in [0, 0.1) is 11.6 Å². The van der Waals surface area contributed by atoms with Gasteiger partial charge in [-0.25, -0.2) is 8.78 Å². The Kier molecular flexibility index (Phi) is 9.09. The van der Waals surface area contributed by atoms with Crippen LogP contribution in [0.3, 0.4) is 0 Å². The van der Waals surface area contributed by atoms with E-state index in [0.29, 0.717) is 5.75 Å². The van der Waals surface area contributed by atoms with Crippen molar-refractivity contribution in [2.75, 3.05) is 5.75 Å². The Morgan fingerprint density at radius 1 is 0.969 bits per heavy atom. The molecule has 7 heteroatoms. The van der Waals surface area contributed by atoms with E-state index in [1.54, 1.807) is 36.1 Å². The predicted octanol–water partition coefficient (Wildman–Crippen LogP) is 5.06. The van der Waals surface area contributed by atoms with Crippen molar-refractivity contribution in [3.63, 3.8) is 0 Å². The van der Waals surface area contributed by atoms with Crippen LogP contribution in [0.4, 0.5) is 8.78 Å². The summed E-state index contributed by atoms with van der Waals surface area (Å²) in [5.41, 5.74) is 1.69. The molecule has 0 aliphatic heterocycles. The van der Waals surface area contributed by atoms with Crippen LogP contribution in [0.25, 0.3) is 0 Å². The average molecular weight is 461 g/mol. The van der Waals surface area contributed by atoms with Gasteiger partial charge in [0.15, 0.2) is 0 Å². The molecule has 3 rings (SSSR count). The van der Waals surface area contributed by atoms with Crippen LogP contribution < -0.4 is 5.32 Å². The minimum Gasteiger partial charge on any atom is -0.352 e. The Bertz CT molecular complexity index is 884. The number of thioether (sulfide) groups is 1. The molecule has 172 valence electrons. The molecule has 32 heavy (non-hydrogen) atoms. The standard InChI is InChI=1S/C25H30F2N2O2S/c1-18(25(31)28-23-5-3-2-4-6-23)29(15-19-7-11-21(26)12-8-19)24(30)17-32-16-20-9-13-22(27)14-10-20/h7-14,18,23H,2-6,15-17H2,1H3,(H,28,31)/t18-/m1/s1. The van der Waals surface area contributed by atoms with Gasteiger partial charge < -0.3 is 10.2 Å². The predicted molar refractivity (Wildman–Crippen MR) is 124 cm³/mol. The van der Waals surface area contributed by atoms with Gasteiger partial charge in [-0.05, 0) is 55.2 Å². The van der Waals surface area contributed by atoms with Crippen molar-refractivity contribution in [1.29, 1.82) is 0 Å². The maximum absolute atomic E-state index is 13.3. The SMILES string of the molecule is C[C@H](C(=O)NC1CCCCC1)N(Cc1ccc(F)cc1)C(=O)CSCc1ccc(F)cc1. The summed E-state index contributed by atoms with van der Waals surface area (Å²) in [6, 6.07) is 11.7. The Morgan fingerprint density at radius 2 is 1.53 bits per heavy atom. The fraction of sp³-hybridized carbons (Fsp3) is 0.440. The maximum atomic E-state index is 13.3. The first-order valence-corrected chi connectivity index (χ1v) is 12.2. The van der Waals surface area contributed by atoms with Crippen molar-refractivity contribution < 1.29 is 18.4 Å². The minimum absolute atomic E-state index is 0.157. The summed E-state index contributed by atoms with van der Waals surface area (Å²) < 4.78 is 26.4. The third kappa shape index (κ3) is 7.33. The second-order valence-electron chi connectivity index (χ2n) is 8.29. The first kappa shape index (κ1) is 24.2. The zero-order valence-electron chi connectivity index (χ0n) is 18.4. The van der Waals surface area contributed by atoms with E-state index in [1.165, 1.54) is 42.4 Å². The molecule has 2 amide bonds. The first-order valence-electron chi connectivity index (χ1n) is 11.1. The molecule has 1 fully saturated rings. The molecule has 1 N–H and O–H groups in total. The molecule has 1 aliphatic carbocycles. The van der Waals surface area contributed by atoms with Crippen molar-refractivity contribution in [3.8, 4) is 0 Å². The Labute approximate surface area is 192 Å². The number of carbonyl (C=O) groups is 2. The number of carbonyl (C=O) groups excluding carboxylic acids is 2. The zero-order valence-corrected chi connectivity index (χ0v) is 19.2. The number of halogens is 2. The lowest BCUT2D eigenvalue weighted by molar-refractivity contribution is -0.139. The van der Waals surface area contributed by atoms with Gasteiger partial charge in [-0.15, -0.1) is 11.8 Å². The average Bonchev–Trinajstić information content (AvgIpc) is 2.80. The van der Waals surface area contributed by atoms with E-state index in [1.807, 2.05) is 0 Å². The van der Waals surface area contributed by atoms with Crippen molar-refractivity contribution >= 4 is 23.6 Å². The van der Waals surface area contributed by atoms with Gasteiger partial charge in [0.1, 0.15) is 17.7 Å². The molecule has 0 heterocycles. The van der Waals surface area contributed by atoms with E-state index in [0.717, 1.165) is 36.8 Å². The smallest absolute Gasteiger partial charge is 0.242 e. The van der Waals surface area contributed by atoms with E-state index >= 15 is 0 Å². The molecule has 0 bridgehead atoms. The maximum Gasteiger partial charge on any atom is 0.242 e. The Balaban J connectivity index is 1.64. The normalized spacial score (nSPS) is 15.2. The second-order valence-corrected chi connectivity index (χ2v) is 9.27. The Hall–Kier alpha value is -2.41. The molecule has 0 saturated heterocycles. The number of benzene rings is 2. The first-order chi connectivity index (χ1) is 15.4. The molecule has 1 saturated carbocycles. The minimum atomic E-state index is -0.638. The summed E-state index contributed by atoms with van der Waals surface area (Å²) >= 11 is 1.42. The van der Waals surface area contributed by atoms with Crippen LogP contribution in [0.15, 0.2) is 48.5 Å². The number of nitrogens with zero attached hydrogens (tertiary/aromatic N) is 1. The Morgan fingerprint density at radius 3 is 2.12 bits per heavy atom. The summed E-state index contributed by atoms with van der Waals surface area (Å²) in [6.07, 6.45) is 5.35. The third-order valence-corrected chi connectivity index (χ3v) is 6.78. The second kappa shape index (κ2) is 12.0. The quantitative estimate of drug-likeness (QED) is 0.569. The third-order valence-electron chi connectivity index (χ3n) is 5.79. The summed E-state index contributed by atoms with van der Waals surface area (Å²) in [5.74, 6) is -0.190. The molecule has 0 aromatic heterocycles. The highest BCUT2D eigenvalue weighted by molar-refractivity contribution is 7.99. The molecule has 1 aliphatic rings. The van der Waals surface area contributed by atoms with Gasteiger partial charge in [0.05, 0.1) is 5.75 Å². The van der Waals surface area contributed by atoms with E-state index in [4.69, 9.17) is 0 Å². The number of rotatable bonds is 9. The molecular weight excluding hydrogens is 430 g/mol. The summed E-state index contributed by atoms with van der Waals surface area (Å²) in [5, 5.41) is 3.10. The van der Waals surface area contributed by atoms with Crippen molar-refractivity contribution in [2.24, 2.45) is 0 Å². The van der Waals surface area contributed by atoms with Crippen LogP contribution in [0.2, 0.25) is 0 Å². The molecule has 4 nitrogen and oxygen atoms in total. The lowest BCUT2D eigenvalue weighted by Gasteiger charge is -2.31. The van der Waals surface area contributed by atoms with E-state index in [9.17, 15) is 18.4 Å². The van der Waals surface area contributed by atoms with Crippen LogP contribution in [-0.2, 0) is 21.9 Å². The number of nitrogens with one attached hydrogen (secondary N) is 1. The molecule has 2 aromatic carbocycles. The highest BCUT2D eigenvalue weighted by Gasteiger charge is 2.28. The van der Waals surface area contributed by atoms with Gasteiger partial charge in [0.2, 0.25) is 11.8 Å². The van der Waals surface area contributed by atoms with E-state index in [-0.39, 0.29) is 41.8 Å². The monoisotopic (exact) mass is 460 g/mol.